The van der Waals surface area contributed by atoms with Crippen LogP contribution in [0.3, 0.4) is 0 Å². The third kappa shape index (κ3) is 6.89. The third-order valence-electron chi connectivity index (χ3n) is 9.14. The number of nitrogens with zero attached hydrogens (tertiary/aromatic N) is 2. The van der Waals surface area contributed by atoms with Gasteiger partial charge in [-0.3, -0.25) is 5.10 Å². The molecule has 3 unspecified atom stereocenters. The van der Waals surface area contributed by atoms with E-state index in [-0.39, 0.29) is 5.54 Å². The van der Waals surface area contributed by atoms with Crippen molar-refractivity contribution in [2.45, 2.75) is 130 Å². The Morgan fingerprint density at radius 2 is 1.86 bits per heavy atom. The normalized spacial score (nSPS) is 30.9. The molecule has 1 aliphatic heterocycles. The first-order valence-corrected chi connectivity index (χ1v) is 14.9. The van der Waals surface area contributed by atoms with Gasteiger partial charge in [-0.2, -0.15) is 5.10 Å². The van der Waals surface area contributed by atoms with E-state index in [1.54, 1.807) is 0 Å². The quantitative estimate of drug-likeness (QED) is 0.355. The van der Waals surface area contributed by atoms with Crippen molar-refractivity contribution < 1.29 is 4.79 Å². The van der Waals surface area contributed by atoms with Gasteiger partial charge in [-0.05, 0) is 75.4 Å². The van der Waals surface area contributed by atoms with Crippen molar-refractivity contribution >= 4 is 6.29 Å². The molecular formula is C31H54N4O. The van der Waals surface area contributed by atoms with E-state index >= 15 is 0 Å². The topological polar surface area (TPSA) is 61.0 Å². The average Bonchev–Trinajstić information content (AvgIpc) is 3.45. The maximum absolute atomic E-state index is 10.1. The highest BCUT2D eigenvalue weighted by Gasteiger charge is 2.47. The van der Waals surface area contributed by atoms with E-state index < -0.39 is 0 Å². The molecule has 2 heterocycles. The van der Waals surface area contributed by atoms with Crippen LogP contribution in [0.5, 0.6) is 0 Å². The van der Waals surface area contributed by atoms with Crippen molar-refractivity contribution in [3.8, 4) is 0 Å². The molecule has 0 aromatic carbocycles. The summed E-state index contributed by atoms with van der Waals surface area (Å²) in [5.41, 5.74) is 4.57. The van der Waals surface area contributed by atoms with Gasteiger partial charge in [0.05, 0.1) is 11.2 Å². The lowest BCUT2D eigenvalue weighted by Crippen LogP contribution is -2.44. The standard InChI is InChI=1S/C21H34N4.C8H14O.C2H6/c1-6-25(5)15-8-7-14-12-21(4,22-17(14)11-15)19-16-9-10-20(2,3)13-18(16)23-24-19;9-7-6-8-4-2-1-3-5-8;1-2/h7-8,14-15,17,22H,6,9-13H2,1-5H3,(H,23,24);7-8H,1-6H2;1-2H3/t14?,15?,17?,21-;;/m1../s1. The molecule has 204 valence electrons. The first-order chi connectivity index (χ1) is 17.2. The number of hydrogen-bond acceptors (Lipinski definition) is 4. The van der Waals surface area contributed by atoms with Crippen molar-refractivity contribution in [2.75, 3.05) is 13.6 Å². The Balaban J connectivity index is 0.000000276. The fourth-order valence-corrected chi connectivity index (χ4v) is 6.82. The van der Waals surface area contributed by atoms with Gasteiger partial charge in [-0.1, -0.05) is 78.9 Å². The number of fused-ring (bicyclic) bond motifs is 2. The molecular weight excluding hydrogens is 444 g/mol. The van der Waals surface area contributed by atoms with Crippen LogP contribution in [0.1, 0.15) is 116 Å². The first kappa shape index (κ1) is 29.1. The number of carbonyl (C=O) groups is 1. The number of H-pyrrole nitrogens is 1. The Hall–Kier alpha value is -1.46. The lowest BCUT2D eigenvalue weighted by Gasteiger charge is -2.33. The molecule has 0 spiro atoms. The summed E-state index contributed by atoms with van der Waals surface area (Å²) in [5, 5.41) is 12.2. The van der Waals surface area contributed by atoms with Crippen LogP contribution in [0.2, 0.25) is 0 Å². The predicted octanol–water partition coefficient (Wildman–Crippen LogP) is 6.58. The largest absolute Gasteiger partial charge is 0.303 e. The molecule has 36 heavy (non-hydrogen) atoms. The van der Waals surface area contributed by atoms with Gasteiger partial charge >= 0.3 is 0 Å². The van der Waals surface area contributed by atoms with Crippen molar-refractivity contribution in [2.24, 2.45) is 17.3 Å². The van der Waals surface area contributed by atoms with E-state index in [4.69, 9.17) is 5.10 Å². The number of carbonyl (C=O) groups excluding carboxylic acids is 1. The van der Waals surface area contributed by atoms with Crippen LogP contribution < -0.4 is 5.32 Å². The fourth-order valence-electron chi connectivity index (χ4n) is 6.82. The second-order valence-electron chi connectivity index (χ2n) is 12.5. The molecule has 4 aliphatic rings. The van der Waals surface area contributed by atoms with Gasteiger partial charge in [-0.25, -0.2) is 0 Å². The molecule has 2 N–H and O–H groups in total. The Labute approximate surface area is 221 Å². The van der Waals surface area contributed by atoms with Gasteiger partial charge in [-0.15, -0.1) is 0 Å². The SMILES string of the molecule is CC.CCN(C)C1C=CC2C[C@](C)(c3n[nH]c4c3CCC(C)(C)C4)NC2C1.O=CCC1CCCCC1. The number of aromatic nitrogens is 2. The van der Waals surface area contributed by atoms with E-state index in [1.807, 2.05) is 13.8 Å². The molecule has 5 heteroatoms. The zero-order chi connectivity index (χ0) is 26.3. The summed E-state index contributed by atoms with van der Waals surface area (Å²) < 4.78 is 0. The maximum atomic E-state index is 10.1. The van der Waals surface area contributed by atoms with Crippen molar-refractivity contribution in [3.05, 3.63) is 29.1 Å². The van der Waals surface area contributed by atoms with Crippen LogP contribution in [0.15, 0.2) is 12.2 Å². The molecule has 0 bridgehead atoms. The van der Waals surface area contributed by atoms with Crippen LogP contribution in [-0.2, 0) is 23.2 Å². The molecule has 5 nitrogen and oxygen atoms in total. The van der Waals surface area contributed by atoms with Crippen LogP contribution in [0.25, 0.3) is 0 Å². The highest BCUT2D eigenvalue weighted by Crippen LogP contribution is 2.44. The van der Waals surface area contributed by atoms with Gasteiger partial charge < -0.3 is 15.0 Å². The zero-order valence-electron chi connectivity index (χ0n) is 24.3. The molecule has 0 radical (unpaired) electrons. The Bertz CT molecular complexity index is 853. The Morgan fingerprint density at radius 1 is 1.14 bits per heavy atom. The van der Waals surface area contributed by atoms with Crippen molar-refractivity contribution in [3.63, 3.8) is 0 Å². The molecule has 1 aromatic heterocycles. The highest BCUT2D eigenvalue weighted by molar-refractivity contribution is 5.49. The Morgan fingerprint density at radius 3 is 2.53 bits per heavy atom. The number of likely N-dealkylation sites (N-methyl/N-ethyl adjacent to an activating group) is 1. The smallest absolute Gasteiger partial charge is 0.120 e. The van der Waals surface area contributed by atoms with E-state index in [0.717, 1.165) is 44.4 Å². The molecule has 1 saturated carbocycles. The van der Waals surface area contributed by atoms with E-state index in [2.05, 4.69) is 62.2 Å². The lowest BCUT2D eigenvalue weighted by molar-refractivity contribution is -0.108. The molecule has 2 fully saturated rings. The fraction of sp³-hybridized carbons (Fsp3) is 0.806. The highest BCUT2D eigenvalue weighted by atomic mass is 16.1. The van der Waals surface area contributed by atoms with Crippen LogP contribution in [-0.4, -0.2) is 47.1 Å². The van der Waals surface area contributed by atoms with Crippen molar-refractivity contribution in [1.82, 2.24) is 20.4 Å². The van der Waals surface area contributed by atoms with E-state index in [9.17, 15) is 4.79 Å². The predicted molar refractivity (Wildman–Crippen MR) is 151 cm³/mol. The summed E-state index contributed by atoms with van der Waals surface area (Å²) in [6.07, 6.45) is 19.3. The summed E-state index contributed by atoms with van der Waals surface area (Å²) >= 11 is 0. The second-order valence-corrected chi connectivity index (χ2v) is 12.5. The zero-order valence-corrected chi connectivity index (χ0v) is 24.3. The molecule has 0 amide bonds. The minimum absolute atomic E-state index is 0.00488. The molecule has 4 atom stereocenters. The lowest BCUT2D eigenvalue weighted by atomic mass is 9.74. The van der Waals surface area contributed by atoms with E-state index in [1.165, 1.54) is 61.9 Å². The van der Waals surface area contributed by atoms with Gasteiger partial charge in [0.2, 0.25) is 0 Å². The third-order valence-corrected chi connectivity index (χ3v) is 9.14. The molecule has 1 saturated heterocycles. The van der Waals surface area contributed by atoms with Gasteiger partial charge in [0.25, 0.3) is 0 Å². The maximum Gasteiger partial charge on any atom is 0.120 e. The van der Waals surface area contributed by atoms with E-state index in [0.29, 0.717) is 23.4 Å². The number of hydrogen-bond donors (Lipinski definition) is 2. The van der Waals surface area contributed by atoms with Crippen LogP contribution >= 0.6 is 0 Å². The monoisotopic (exact) mass is 498 g/mol. The summed E-state index contributed by atoms with van der Waals surface area (Å²) in [6, 6.07) is 1.14. The van der Waals surface area contributed by atoms with Gasteiger partial charge in [0, 0.05) is 24.2 Å². The first-order valence-electron chi connectivity index (χ1n) is 14.9. The summed E-state index contributed by atoms with van der Waals surface area (Å²) in [7, 11) is 2.23. The van der Waals surface area contributed by atoms with Gasteiger partial charge in [0.15, 0.2) is 0 Å². The second kappa shape index (κ2) is 12.9. The summed E-state index contributed by atoms with van der Waals surface area (Å²) in [6.45, 7) is 14.5. The minimum Gasteiger partial charge on any atom is -0.303 e. The van der Waals surface area contributed by atoms with Gasteiger partial charge in [0.1, 0.15) is 6.29 Å². The number of aldehydes is 1. The average molecular weight is 499 g/mol. The number of aromatic amines is 1. The molecule has 5 rings (SSSR count). The van der Waals surface area contributed by atoms with Crippen molar-refractivity contribution in [1.29, 1.82) is 0 Å². The molecule has 1 aromatic rings. The number of rotatable bonds is 5. The molecule has 3 aliphatic carbocycles. The number of nitrogens with one attached hydrogen (secondary N) is 2. The summed E-state index contributed by atoms with van der Waals surface area (Å²) in [5.74, 6) is 1.37. The Kier molecular flexibility index (Phi) is 10.4. The van der Waals surface area contributed by atoms with Crippen LogP contribution in [0.4, 0.5) is 0 Å². The minimum atomic E-state index is 0.00488. The summed E-state index contributed by atoms with van der Waals surface area (Å²) in [4.78, 5) is 12.5. The van der Waals surface area contributed by atoms with Crippen LogP contribution in [0, 0.1) is 17.3 Å².